The summed E-state index contributed by atoms with van der Waals surface area (Å²) in [5.41, 5.74) is 6.48. The third-order valence-electron chi connectivity index (χ3n) is 4.48. The van der Waals surface area contributed by atoms with E-state index in [1.165, 1.54) is 40.8 Å². The molecule has 1 aliphatic rings. The van der Waals surface area contributed by atoms with Crippen LogP contribution in [-0.4, -0.2) is 22.4 Å². The molecule has 2 heterocycles. The predicted octanol–water partition coefficient (Wildman–Crippen LogP) is 3.23. The van der Waals surface area contributed by atoms with E-state index >= 15 is 0 Å². The highest BCUT2D eigenvalue weighted by atomic mass is 15.3. The minimum absolute atomic E-state index is 0.584. The molecule has 106 valence electrons. The van der Waals surface area contributed by atoms with Crippen LogP contribution in [0.15, 0.2) is 24.4 Å². The highest BCUT2D eigenvalue weighted by Crippen LogP contribution is 2.25. The Balaban J connectivity index is 1.87. The first-order chi connectivity index (χ1) is 9.65. The van der Waals surface area contributed by atoms with Crippen molar-refractivity contribution in [1.82, 2.24) is 15.1 Å². The zero-order chi connectivity index (χ0) is 14.1. The minimum atomic E-state index is 0.584. The van der Waals surface area contributed by atoms with Crippen molar-refractivity contribution in [3.63, 3.8) is 0 Å². The Morgan fingerprint density at radius 3 is 2.80 bits per heavy atom. The van der Waals surface area contributed by atoms with Crippen LogP contribution in [0.1, 0.15) is 29.7 Å². The fourth-order valence-electron chi connectivity index (χ4n) is 2.94. The topological polar surface area (TPSA) is 29.9 Å². The molecule has 0 saturated carbocycles. The Morgan fingerprint density at radius 1 is 1.25 bits per heavy atom. The van der Waals surface area contributed by atoms with Crippen LogP contribution in [0, 0.1) is 20.8 Å². The van der Waals surface area contributed by atoms with Gasteiger partial charge in [-0.1, -0.05) is 18.2 Å². The number of benzene rings is 1. The number of hydrogen-bond donors (Lipinski definition) is 1. The molecule has 0 aliphatic carbocycles. The SMILES string of the molecule is Cc1ccc(-c2cnn(CC3CCCN3)c2C)cc1C. The molecule has 3 heteroatoms. The Labute approximate surface area is 121 Å². The Bertz CT molecular complexity index is 607. The summed E-state index contributed by atoms with van der Waals surface area (Å²) in [5.74, 6) is 0. The first-order valence-electron chi connectivity index (χ1n) is 7.48. The molecule has 1 aromatic heterocycles. The van der Waals surface area contributed by atoms with Crippen LogP contribution in [0.2, 0.25) is 0 Å². The Hall–Kier alpha value is -1.61. The fraction of sp³-hybridized carbons (Fsp3) is 0.471. The van der Waals surface area contributed by atoms with Gasteiger partial charge < -0.3 is 5.32 Å². The Morgan fingerprint density at radius 2 is 2.10 bits per heavy atom. The zero-order valence-corrected chi connectivity index (χ0v) is 12.6. The summed E-state index contributed by atoms with van der Waals surface area (Å²) in [4.78, 5) is 0. The molecule has 20 heavy (non-hydrogen) atoms. The van der Waals surface area contributed by atoms with Crippen LogP contribution >= 0.6 is 0 Å². The Kier molecular flexibility index (Phi) is 3.62. The summed E-state index contributed by atoms with van der Waals surface area (Å²) in [6, 6.07) is 7.24. The summed E-state index contributed by atoms with van der Waals surface area (Å²) >= 11 is 0. The van der Waals surface area contributed by atoms with Crippen molar-refractivity contribution in [2.75, 3.05) is 6.54 Å². The molecule has 1 aliphatic heterocycles. The lowest BCUT2D eigenvalue weighted by Gasteiger charge is -2.12. The average molecular weight is 269 g/mol. The average Bonchev–Trinajstić information content (AvgIpc) is 3.05. The van der Waals surface area contributed by atoms with E-state index in [4.69, 9.17) is 0 Å². The van der Waals surface area contributed by atoms with Crippen molar-refractivity contribution in [3.8, 4) is 11.1 Å². The van der Waals surface area contributed by atoms with Crippen molar-refractivity contribution in [3.05, 3.63) is 41.2 Å². The highest BCUT2D eigenvalue weighted by molar-refractivity contribution is 5.66. The van der Waals surface area contributed by atoms with E-state index in [0.717, 1.165) is 13.1 Å². The summed E-state index contributed by atoms with van der Waals surface area (Å²) in [6.07, 6.45) is 4.56. The molecule has 0 radical (unpaired) electrons. The second-order valence-corrected chi connectivity index (χ2v) is 5.92. The standard InChI is InChI=1S/C17H23N3/c1-12-6-7-15(9-13(12)2)17-10-19-20(14(17)3)11-16-5-4-8-18-16/h6-7,9-10,16,18H,4-5,8,11H2,1-3H3. The van der Waals surface area contributed by atoms with Gasteiger partial charge in [-0.3, -0.25) is 4.68 Å². The van der Waals surface area contributed by atoms with Crippen LogP contribution in [0.4, 0.5) is 0 Å². The smallest absolute Gasteiger partial charge is 0.0571 e. The van der Waals surface area contributed by atoms with Crippen molar-refractivity contribution < 1.29 is 0 Å². The van der Waals surface area contributed by atoms with Gasteiger partial charge in [-0.05, 0) is 56.8 Å². The number of hydrogen-bond acceptors (Lipinski definition) is 2. The molecule has 1 atom stereocenters. The van der Waals surface area contributed by atoms with Crippen LogP contribution in [-0.2, 0) is 6.54 Å². The second kappa shape index (κ2) is 5.41. The van der Waals surface area contributed by atoms with Crippen LogP contribution in [0.3, 0.4) is 0 Å². The number of nitrogens with zero attached hydrogens (tertiary/aromatic N) is 2. The van der Waals surface area contributed by atoms with Gasteiger partial charge in [0.05, 0.1) is 12.7 Å². The molecule has 2 aromatic rings. The van der Waals surface area contributed by atoms with Gasteiger partial charge in [0.1, 0.15) is 0 Å². The third-order valence-corrected chi connectivity index (χ3v) is 4.48. The van der Waals surface area contributed by atoms with Crippen LogP contribution < -0.4 is 5.32 Å². The number of rotatable bonds is 3. The molecule has 1 aromatic carbocycles. The van der Waals surface area contributed by atoms with Crippen molar-refractivity contribution in [2.45, 2.75) is 46.2 Å². The van der Waals surface area contributed by atoms with Crippen LogP contribution in [0.25, 0.3) is 11.1 Å². The van der Waals surface area contributed by atoms with E-state index in [9.17, 15) is 0 Å². The van der Waals surface area contributed by atoms with Crippen molar-refractivity contribution in [2.24, 2.45) is 0 Å². The maximum Gasteiger partial charge on any atom is 0.0571 e. The van der Waals surface area contributed by atoms with Gasteiger partial charge in [0.25, 0.3) is 0 Å². The molecular weight excluding hydrogens is 246 g/mol. The quantitative estimate of drug-likeness (QED) is 0.927. The molecule has 1 saturated heterocycles. The number of aryl methyl sites for hydroxylation is 2. The maximum absolute atomic E-state index is 4.58. The largest absolute Gasteiger partial charge is 0.312 e. The van der Waals surface area contributed by atoms with Gasteiger partial charge in [-0.25, -0.2) is 0 Å². The van der Waals surface area contributed by atoms with Crippen LogP contribution in [0.5, 0.6) is 0 Å². The fourth-order valence-corrected chi connectivity index (χ4v) is 2.94. The summed E-state index contributed by atoms with van der Waals surface area (Å²) in [5, 5.41) is 8.12. The van der Waals surface area contributed by atoms with Gasteiger partial charge in [0.2, 0.25) is 0 Å². The van der Waals surface area contributed by atoms with E-state index in [1.54, 1.807) is 0 Å². The van der Waals surface area contributed by atoms with E-state index in [0.29, 0.717) is 6.04 Å². The summed E-state index contributed by atoms with van der Waals surface area (Å²) < 4.78 is 2.15. The molecule has 0 amide bonds. The van der Waals surface area contributed by atoms with Gasteiger partial charge >= 0.3 is 0 Å². The minimum Gasteiger partial charge on any atom is -0.312 e. The molecule has 3 rings (SSSR count). The van der Waals surface area contributed by atoms with Crippen molar-refractivity contribution >= 4 is 0 Å². The molecular formula is C17H23N3. The van der Waals surface area contributed by atoms with Gasteiger partial charge in [-0.2, -0.15) is 5.10 Å². The zero-order valence-electron chi connectivity index (χ0n) is 12.6. The van der Waals surface area contributed by atoms with E-state index in [-0.39, 0.29) is 0 Å². The molecule has 1 fully saturated rings. The number of nitrogens with one attached hydrogen (secondary N) is 1. The highest BCUT2D eigenvalue weighted by Gasteiger charge is 2.17. The van der Waals surface area contributed by atoms with Gasteiger partial charge in [0, 0.05) is 17.3 Å². The predicted molar refractivity (Wildman–Crippen MR) is 82.9 cm³/mol. The summed E-state index contributed by atoms with van der Waals surface area (Å²) in [6.45, 7) is 8.63. The molecule has 3 nitrogen and oxygen atoms in total. The molecule has 0 bridgehead atoms. The maximum atomic E-state index is 4.58. The summed E-state index contributed by atoms with van der Waals surface area (Å²) in [7, 11) is 0. The normalized spacial score (nSPS) is 18.6. The van der Waals surface area contributed by atoms with Crippen molar-refractivity contribution in [1.29, 1.82) is 0 Å². The van der Waals surface area contributed by atoms with Gasteiger partial charge in [-0.15, -0.1) is 0 Å². The van der Waals surface area contributed by atoms with E-state index < -0.39 is 0 Å². The van der Waals surface area contributed by atoms with E-state index in [1.807, 2.05) is 6.20 Å². The number of aromatic nitrogens is 2. The lowest BCUT2D eigenvalue weighted by Crippen LogP contribution is -2.27. The monoisotopic (exact) mass is 269 g/mol. The molecule has 0 spiro atoms. The first-order valence-corrected chi connectivity index (χ1v) is 7.48. The molecule has 1 N–H and O–H groups in total. The van der Waals surface area contributed by atoms with Gasteiger partial charge in [0.15, 0.2) is 0 Å². The second-order valence-electron chi connectivity index (χ2n) is 5.92. The first kappa shape index (κ1) is 13.4. The lowest BCUT2D eigenvalue weighted by molar-refractivity contribution is 0.469. The molecule has 1 unspecified atom stereocenters. The lowest BCUT2D eigenvalue weighted by atomic mass is 10.0. The van der Waals surface area contributed by atoms with E-state index in [2.05, 4.69) is 54.1 Å². The third kappa shape index (κ3) is 2.50.